The number of hydrogen-bond acceptors (Lipinski definition) is 4. The summed E-state index contributed by atoms with van der Waals surface area (Å²) in [4.78, 5) is 23.5. The Morgan fingerprint density at radius 1 is 1.19 bits per heavy atom. The van der Waals surface area contributed by atoms with E-state index in [2.05, 4.69) is 5.32 Å². The Balaban J connectivity index is 4.99. The summed E-state index contributed by atoms with van der Waals surface area (Å²) in [7, 11) is 0. The molecule has 0 rings (SSSR count). The van der Waals surface area contributed by atoms with Gasteiger partial charge in [0.2, 0.25) is 0 Å². The molecule has 0 aliphatic heterocycles. The average molecular weight is 303 g/mol. The Kier molecular flexibility index (Phi) is 7.16. The molecule has 0 saturated heterocycles. The van der Waals surface area contributed by atoms with E-state index in [9.17, 15) is 19.8 Å². The van der Waals surface area contributed by atoms with E-state index in [4.69, 9.17) is 4.74 Å². The molecule has 124 valence electrons. The van der Waals surface area contributed by atoms with Crippen LogP contribution in [0.15, 0.2) is 0 Å². The van der Waals surface area contributed by atoms with Gasteiger partial charge in [-0.15, -0.1) is 0 Å². The van der Waals surface area contributed by atoms with Gasteiger partial charge in [-0.2, -0.15) is 0 Å². The number of aliphatic carboxylic acids is 1. The lowest BCUT2D eigenvalue weighted by Gasteiger charge is -2.35. The number of alkyl carbamates (subject to hydrolysis) is 1. The van der Waals surface area contributed by atoms with Crippen molar-refractivity contribution < 1.29 is 24.5 Å². The lowest BCUT2D eigenvalue weighted by molar-refractivity contribution is -0.153. The number of carbonyl (C=O) groups is 2. The molecule has 0 aromatic carbocycles. The first kappa shape index (κ1) is 19.7. The van der Waals surface area contributed by atoms with Gasteiger partial charge in [0.1, 0.15) is 5.60 Å². The minimum Gasteiger partial charge on any atom is -0.481 e. The van der Waals surface area contributed by atoms with Crippen LogP contribution in [0.25, 0.3) is 0 Å². The van der Waals surface area contributed by atoms with Crippen LogP contribution in [0.5, 0.6) is 0 Å². The van der Waals surface area contributed by atoms with Crippen molar-refractivity contribution in [3.8, 4) is 0 Å². The zero-order chi connectivity index (χ0) is 16.8. The maximum atomic E-state index is 11.7. The highest BCUT2D eigenvalue weighted by Gasteiger charge is 2.43. The Morgan fingerprint density at radius 3 is 2.05 bits per heavy atom. The summed E-state index contributed by atoms with van der Waals surface area (Å²) in [5, 5.41) is 21.3. The van der Waals surface area contributed by atoms with Gasteiger partial charge in [-0.3, -0.25) is 4.79 Å². The van der Waals surface area contributed by atoms with Crippen molar-refractivity contribution in [1.82, 2.24) is 5.32 Å². The van der Waals surface area contributed by atoms with Gasteiger partial charge in [-0.25, -0.2) is 4.79 Å². The minimum atomic E-state index is -1.13. The van der Waals surface area contributed by atoms with Gasteiger partial charge >= 0.3 is 12.1 Å². The maximum Gasteiger partial charge on any atom is 0.407 e. The van der Waals surface area contributed by atoms with Gasteiger partial charge in [0.15, 0.2) is 0 Å². The monoisotopic (exact) mass is 303 g/mol. The summed E-state index contributed by atoms with van der Waals surface area (Å²) >= 11 is 0. The Morgan fingerprint density at radius 2 is 1.71 bits per heavy atom. The molecule has 0 aromatic rings. The number of amides is 1. The van der Waals surface area contributed by atoms with Gasteiger partial charge in [0.05, 0.1) is 5.41 Å². The number of aliphatic hydroxyl groups is 1. The molecule has 0 fully saturated rings. The van der Waals surface area contributed by atoms with E-state index in [1.807, 2.05) is 0 Å². The molecule has 2 atom stereocenters. The third-order valence-electron chi connectivity index (χ3n) is 3.50. The summed E-state index contributed by atoms with van der Waals surface area (Å²) in [5.41, 5.74) is -1.76. The number of nitrogens with one attached hydrogen (secondary N) is 1. The first-order valence-electron chi connectivity index (χ1n) is 7.25. The van der Waals surface area contributed by atoms with Crippen LogP contribution in [-0.2, 0) is 9.53 Å². The maximum absolute atomic E-state index is 11.7. The van der Waals surface area contributed by atoms with Crippen LogP contribution in [0.1, 0.15) is 48.0 Å². The van der Waals surface area contributed by atoms with Crippen molar-refractivity contribution in [2.24, 2.45) is 17.3 Å². The van der Waals surface area contributed by atoms with Crippen molar-refractivity contribution in [1.29, 1.82) is 0 Å². The van der Waals surface area contributed by atoms with Gasteiger partial charge in [0, 0.05) is 13.2 Å². The molecule has 3 N–H and O–H groups in total. The van der Waals surface area contributed by atoms with Gasteiger partial charge in [-0.05, 0) is 39.0 Å². The zero-order valence-electron chi connectivity index (χ0n) is 13.9. The number of ether oxygens (including phenoxy) is 1. The lowest BCUT2D eigenvalue weighted by Crippen LogP contribution is -2.48. The first-order valence-corrected chi connectivity index (χ1v) is 7.25. The predicted molar refractivity (Wildman–Crippen MR) is 80.0 cm³/mol. The average Bonchev–Trinajstić information content (AvgIpc) is 2.31. The fourth-order valence-corrected chi connectivity index (χ4v) is 2.15. The molecule has 2 unspecified atom stereocenters. The smallest absolute Gasteiger partial charge is 0.407 e. The molecule has 0 saturated carbocycles. The van der Waals surface area contributed by atoms with E-state index >= 15 is 0 Å². The highest BCUT2D eigenvalue weighted by molar-refractivity contribution is 5.77. The van der Waals surface area contributed by atoms with Crippen LogP contribution >= 0.6 is 0 Å². The lowest BCUT2D eigenvalue weighted by atomic mass is 9.71. The van der Waals surface area contributed by atoms with E-state index in [-0.39, 0.29) is 31.4 Å². The Bertz CT molecular complexity index is 362. The number of rotatable bonds is 7. The summed E-state index contributed by atoms with van der Waals surface area (Å²) in [5.74, 6) is -1.34. The van der Waals surface area contributed by atoms with Crippen LogP contribution in [0, 0.1) is 17.3 Å². The van der Waals surface area contributed by atoms with Crippen LogP contribution in [0.4, 0.5) is 4.79 Å². The molecule has 0 heterocycles. The third-order valence-corrected chi connectivity index (χ3v) is 3.50. The van der Waals surface area contributed by atoms with Crippen molar-refractivity contribution in [2.45, 2.75) is 53.6 Å². The molecule has 0 aliphatic carbocycles. The van der Waals surface area contributed by atoms with E-state index in [1.54, 1.807) is 41.5 Å². The normalized spacial score (nSPS) is 16.2. The van der Waals surface area contributed by atoms with Gasteiger partial charge < -0.3 is 20.3 Å². The molecule has 0 radical (unpaired) electrons. The summed E-state index contributed by atoms with van der Waals surface area (Å²) in [6.45, 7) is 10.5. The van der Waals surface area contributed by atoms with Crippen molar-refractivity contribution in [3.63, 3.8) is 0 Å². The van der Waals surface area contributed by atoms with Crippen LogP contribution in [0.3, 0.4) is 0 Å². The molecule has 6 heteroatoms. The number of carbonyl (C=O) groups excluding carboxylic acids is 1. The van der Waals surface area contributed by atoms with E-state index in [0.29, 0.717) is 0 Å². The second-order valence-corrected chi connectivity index (χ2v) is 6.96. The molecule has 21 heavy (non-hydrogen) atoms. The quantitative estimate of drug-likeness (QED) is 0.670. The number of hydrogen-bond donors (Lipinski definition) is 3. The summed E-state index contributed by atoms with van der Waals surface area (Å²) < 4.78 is 5.13. The first-order chi connectivity index (χ1) is 9.44. The highest BCUT2D eigenvalue weighted by atomic mass is 16.6. The van der Waals surface area contributed by atoms with Gasteiger partial charge in [-0.1, -0.05) is 20.8 Å². The second-order valence-electron chi connectivity index (χ2n) is 6.96. The molecule has 0 aliphatic rings. The van der Waals surface area contributed by atoms with Crippen LogP contribution in [0.2, 0.25) is 0 Å². The van der Waals surface area contributed by atoms with Crippen molar-refractivity contribution in [3.05, 3.63) is 0 Å². The fourth-order valence-electron chi connectivity index (χ4n) is 2.15. The number of carboxylic acids is 1. The van der Waals surface area contributed by atoms with Crippen molar-refractivity contribution in [2.75, 3.05) is 13.2 Å². The van der Waals surface area contributed by atoms with Gasteiger partial charge in [0.25, 0.3) is 0 Å². The molecule has 0 aromatic heterocycles. The molecule has 0 spiro atoms. The van der Waals surface area contributed by atoms with E-state index in [1.165, 1.54) is 0 Å². The minimum absolute atomic E-state index is 0.0285. The standard InChI is InChI=1S/C15H29NO5/c1-10(2)15(12(18)19,7-11(3)8-17)9-16-13(20)21-14(4,5)6/h10-11,17H,7-9H2,1-6H3,(H,16,20)(H,18,19). The zero-order valence-corrected chi connectivity index (χ0v) is 13.9. The molecule has 1 amide bonds. The predicted octanol–water partition coefficient (Wildman–Crippen LogP) is 2.26. The molecular weight excluding hydrogens is 274 g/mol. The molecule has 0 bridgehead atoms. The summed E-state index contributed by atoms with van der Waals surface area (Å²) in [6, 6.07) is 0. The molecular formula is C15H29NO5. The summed E-state index contributed by atoms with van der Waals surface area (Å²) in [6.07, 6.45) is -0.350. The SMILES string of the molecule is CC(CO)CC(CNC(=O)OC(C)(C)C)(C(=O)O)C(C)C. The Labute approximate surface area is 126 Å². The largest absolute Gasteiger partial charge is 0.481 e. The number of carboxylic acid groups (broad SMARTS) is 1. The third kappa shape index (κ3) is 6.33. The van der Waals surface area contributed by atoms with Crippen LogP contribution < -0.4 is 5.32 Å². The van der Waals surface area contributed by atoms with Crippen molar-refractivity contribution >= 4 is 12.1 Å². The highest BCUT2D eigenvalue weighted by Crippen LogP contribution is 2.34. The number of aliphatic hydroxyl groups excluding tert-OH is 1. The molecule has 6 nitrogen and oxygen atoms in total. The van der Waals surface area contributed by atoms with E-state index in [0.717, 1.165) is 0 Å². The van der Waals surface area contributed by atoms with Crippen LogP contribution in [-0.4, -0.2) is 41.0 Å². The topological polar surface area (TPSA) is 95.9 Å². The second kappa shape index (κ2) is 7.64. The van der Waals surface area contributed by atoms with E-state index < -0.39 is 23.1 Å². The Hall–Kier alpha value is -1.30. The fraction of sp³-hybridized carbons (Fsp3) is 0.867.